The molecule has 3 heterocycles. The first kappa shape index (κ1) is 27.8. The first-order valence-electron chi connectivity index (χ1n) is 14.1. The Bertz CT molecular complexity index is 1090. The van der Waals surface area contributed by atoms with Crippen LogP contribution in [0.25, 0.3) is 0 Å². The lowest BCUT2D eigenvalue weighted by Gasteiger charge is -2.42. The van der Waals surface area contributed by atoms with Gasteiger partial charge in [-0.05, 0) is 108 Å². The lowest BCUT2D eigenvalue weighted by molar-refractivity contribution is -0.148. The lowest BCUT2D eigenvalue weighted by atomic mass is 9.86. The number of hydrogen-bond acceptors (Lipinski definition) is 4. The standard InChI is InChI=1S/C30H45FN4O2/c1-7-26-28(21(4)35(8-2)32-26)22-12-14-33(15-13-22)20(3)27-17-24(23-10-9-11-25(31)16-23)18-34(27)19-30(5,6)29(36)37/h9-11,16,20,22,24,27H,7-8,12-15,17-19H2,1-6H3,(H,36,37)/t20-,24?,27?/m1/s1. The van der Waals surface area contributed by atoms with Crippen LogP contribution >= 0.6 is 0 Å². The van der Waals surface area contributed by atoms with Crippen LogP contribution in [0.5, 0.6) is 0 Å². The fourth-order valence-electron chi connectivity index (χ4n) is 6.76. The van der Waals surface area contributed by atoms with E-state index >= 15 is 0 Å². The molecule has 4 rings (SSSR count). The molecule has 0 aliphatic carbocycles. The maximum absolute atomic E-state index is 14.0. The van der Waals surface area contributed by atoms with Crippen LogP contribution in [-0.2, 0) is 17.8 Å². The predicted octanol–water partition coefficient (Wildman–Crippen LogP) is 5.45. The lowest BCUT2D eigenvalue weighted by Crippen LogP contribution is -2.52. The molecule has 204 valence electrons. The van der Waals surface area contributed by atoms with E-state index in [2.05, 4.69) is 42.2 Å². The predicted molar refractivity (Wildman–Crippen MR) is 146 cm³/mol. The molecule has 6 nitrogen and oxygen atoms in total. The molecule has 0 bridgehead atoms. The van der Waals surface area contributed by atoms with Gasteiger partial charge in [-0.2, -0.15) is 5.10 Å². The summed E-state index contributed by atoms with van der Waals surface area (Å²) in [4.78, 5) is 16.9. The number of piperidine rings is 1. The smallest absolute Gasteiger partial charge is 0.310 e. The summed E-state index contributed by atoms with van der Waals surface area (Å²) in [7, 11) is 0. The van der Waals surface area contributed by atoms with Crippen molar-refractivity contribution in [2.75, 3.05) is 26.2 Å². The van der Waals surface area contributed by atoms with Gasteiger partial charge in [-0.15, -0.1) is 0 Å². The average Bonchev–Trinajstić information content (AvgIpc) is 3.43. The summed E-state index contributed by atoms with van der Waals surface area (Å²) < 4.78 is 16.2. The minimum atomic E-state index is -0.838. The Hall–Kier alpha value is -2.25. The van der Waals surface area contributed by atoms with Gasteiger partial charge in [-0.3, -0.25) is 19.3 Å². The molecule has 0 saturated carbocycles. The zero-order valence-electron chi connectivity index (χ0n) is 23.5. The fourth-order valence-corrected chi connectivity index (χ4v) is 6.76. The number of rotatable bonds is 9. The Labute approximate surface area is 221 Å². The maximum atomic E-state index is 14.0. The van der Waals surface area contributed by atoms with Crippen LogP contribution in [0.2, 0.25) is 0 Å². The molecule has 0 amide bonds. The number of benzene rings is 1. The second-order valence-corrected chi connectivity index (χ2v) is 11.8. The number of carboxylic acid groups (broad SMARTS) is 1. The van der Waals surface area contributed by atoms with Crippen LogP contribution < -0.4 is 0 Å². The van der Waals surface area contributed by atoms with Gasteiger partial charge in [-0.1, -0.05) is 19.1 Å². The minimum absolute atomic E-state index is 0.207. The molecule has 1 aromatic heterocycles. The van der Waals surface area contributed by atoms with Crippen molar-refractivity contribution in [2.24, 2.45) is 5.41 Å². The second-order valence-electron chi connectivity index (χ2n) is 11.8. The zero-order chi connectivity index (χ0) is 26.9. The highest BCUT2D eigenvalue weighted by atomic mass is 19.1. The summed E-state index contributed by atoms with van der Waals surface area (Å²) in [6, 6.07) is 7.47. The van der Waals surface area contributed by atoms with E-state index in [0.717, 1.165) is 57.4 Å². The van der Waals surface area contributed by atoms with Crippen LogP contribution in [0, 0.1) is 18.2 Å². The van der Waals surface area contributed by atoms with Crippen LogP contribution in [0.1, 0.15) is 88.2 Å². The first-order chi connectivity index (χ1) is 17.6. The van der Waals surface area contributed by atoms with Crippen molar-refractivity contribution in [1.29, 1.82) is 0 Å². The van der Waals surface area contributed by atoms with Crippen molar-refractivity contribution in [3.63, 3.8) is 0 Å². The highest BCUT2D eigenvalue weighted by Crippen LogP contribution is 2.39. The van der Waals surface area contributed by atoms with Gasteiger partial charge in [0.1, 0.15) is 5.82 Å². The molecule has 2 fully saturated rings. The van der Waals surface area contributed by atoms with Crippen molar-refractivity contribution in [3.05, 3.63) is 52.6 Å². The number of likely N-dealkylation sites (tertiary alicyclic amines) is 2. The molecule has 37 heavy (non-hydrogen) atoms. The Morgan fingerprint density at radius 3 is 2.51 bits per heavy atom. The SMILES string of the molecule is CCc1nn(CC)c(C)c1C1CCN([C@H](C)C2CC(c3cccc(F)c3)CN2CC(C)(C)C(=O)O)CC1. The Kier molecular flexibility index (Phi) is 8.44. The molecular formula is C30H45FN4O2. The molecule has 0 radical (unpaired) electrons. The van der Waals surface area contributed by atoms with Crippen LogP contribution in [0.3, 0.4) is 0 Å². The van der Waals surface area contributed by atoms with Crippen molar-refractivity contribution < 1.29 is 14.3 Å². The fraction of sp³-hybridized carbons (Fsp3) is 0.667. The molecule has 2 aliphatic rings. The normalized spacial score (nSPS) is 23.0. The molecule has 2 aliphatic heterocycles. The van der Waals surface area contributed by atoms with Gasteiger partial charge in [0, 0.05) is 37.4 Å². The number of carboxylic acids is 1. The summed E-state index contributed by atoms with van der Waals surface area (Å²) in [5, 5.41) is 14.7. The third-order valence-electron chi connectivity index (χ3n) is 8.98. The van der Waals surface area contributed by atoms with E-state index in [4.69, 9.17) is 5.10 Å². The van der Waals surface area contributed by atoms with Gasteiger partial charge in [0.05, 0.1) is 11.1 Å². The van der Waals surface area contributed by atoms with Crippen LogP contribution in [-0.4, -0.2) is 68.9 Å². The first-order valence-corrected chi connectivity index (χ1v) is 14.1. The van der Waals surface area contributed by atoms with Crippen molar-refractivity contribution in [3.8, 4) is 0 Å². The van der Waals surface area contributed by atoms with E-state index in [0.29, 0.717) is 18.5 Å². The summed E-state index contributed by atoms with van der Waals surface area (Å²) in [5.41, 5.74) is 4.22. The number of aryl methyl sites for hydroxylation is 2. The highest BCUT2D eigenvalue weighted by Gasteiger charge is 2.42. The van der Waals surface area contributed by atoms with Crippen molar-refractivity contribution in [2.45, 2.75) is 97.7 Å². The third kappa shape index (κ3) is 5.78. The second kappa shape index (κ2) is 11.2. The largest absolute Gasteiger partial charge is 0.481 e. The van der Waals surface area contributed by atoms with Crippen molar-refractivity contribution >= 4 is 5.97 Å². The maximum Gasteiger partial charge on any atom is 0.310 e. The number of halogens is 1. The van der Waals surface area contributed by atoms with Gasteiger partial charge >= 0.3 is 5.97 Å². The summed E-state index contributed by atoms with van der Waals surface area (Å²) in [6.45, 7) is 16.7. The molecule has 2 unspecified atom stereocenters. The summed E-state index contributed by atoms with van der Waals surface area (Å²) in [6.07, 6.45) is 4.13. The van der Waals surface area contributed by atoms with Gasteiger partial charge in [0.2, 0.25) is 0 Å². The highest BCUT2D eigenvalue weighted by molar-refractivity contribution is 5.73. The Balaban J connectivity index is 1.49. The van der Waals surface area contributed by atoms with E-state index in [1.165, 1.54) is 23.0 Å². The number of carbonyl (C=O) groups is 1. The Morgan fingerprint density at radius 2 is 1.92 bits per heavy atom. The third-order valence-corrected chi connectivity index (χ3v) is 8.98. The molecule has 1 N–H and O–H groups in total. The molecule has 7 heteroatoms. The molecule has 2 saturated heterocycles. The van der Waals surface area contributed by atoms with E-state index in [9.17, 15) is 14.3 Å². The van der Waals surface area contributed by atoms with Gasteiger partial charge < -0.3 is 5.11 Å². The van der Waals surface area contributed by atoms with Gasteiger partial charge in [0.15, 0.2) is 0 Å². The minimum Gasteiger partial charge on any atom is -0.481 e. The molecule has 1 aromatic carbocycles. The van der Waals surface area contributed by atoms with E-state index in [1.54, 1.807) is 12.1 Å². The summed E-state index contributed by atoms with van der Waals surface area (Å²) in [5.74, 6) is -0.227. The molecule has 3 atom stereocenters. The van der Waals surface area contributed by atoms with Crippen LogP contribution in [0.15, 0.2) is 24.3 Å². The van der Waals surface area contributed by atoms with Crippen molar-refractivity contribution in [1.82, 2.24) is 19.6 Å². The molecular weight excluding hydrogens is 467 g/mol. The van der Waals surface area contributed by atoms with E-state index in [1.807, 2.05) is 19.9 Å². The van der Waals surface area contributed by atoms with Crippen LogP contribution in [0.4, 0.5) is 4.39 Å². The topological polar surface area (TPSA) is 61.6 Å². The van der Waals surface area contributed by atoms with Gasteiger partial charge in [0.25, 0.3) is 0 Å². The zero-order valence-corrected chi connectivity index (χ0v) is 23.5. The van der Waals surface area contributed by atoms with Gasteiger partial charge in [-0.25, -0.2) is 4.39 Å². The number of aromatic nitrogens is 2. The number of hydrogen-bond donors (Lipinski definition) is 1. The Morgan fingerprint density at radius 1 is 1.22 bits per heavy atom. The quantitative estimate of drug-likeness (QED) is 0.484. The van der Waals surface area contributed by atoms with E-state index in [-0.39, 0.29) is 17.8 Å². The number of nitrogens with zero attached hydrogens (tertiary/aromatic N) is 4. The summed E-state index contributed by atoms with van der Waals surface area (Å²) >= 11 is 0. The molecule has 0 spiro atoms. The molecule has 2 aromatic rings. The monoisotopic (exact) mass is 512 g/mol. The number of aliphatic carboxylic acids is 1. The average molecular weight is 513 g/mol. The van der Waals surface area contributed by atoms with E-state index < -0.39 is 11.4 Å².